The molecule has 0 amide bonds. The fourth-order valence-corrected chi connectivity index (χ4v) is 31.9. The van der Waals surface area contributed by atoms with Crippen molar-refractivity contribution >= 4 is 145 Å². The summed E-state index contributed by atoms with van der Waals surface area (Å²) < 4.78 is 11.1. The summed E-state index contributed by atoms with van der Waals surface area (Å²) in [6, 6.07) is 52.3. The standard InChI is InChI=1S/C22H46INSi2.C22H47NSi2.C20H34INSi.C20H35NSi.C19H32INSi.C19H33NSi.2CO2/c1-8-9-12-17-22(24-23,19-14-16-21-26(5,6)7)18-13-10-11-15-20-25(2,3)4;1-8-9-12-17-22(23,19-14-16-21-25(5,6)7)18-13-10-11-15-20-24(2,3)4;1-23(2,3)17-11-10-16-20(22-21,18-12-6-4-7-13-18)19-14-8-5-9-15-19;1-22(2,3)17-11-10-16-20(21,18-12-6-4-7-13-18)19-14-8-5-9-15-19;1-5-6-10-15-19(21-20,18-13-8-7-9-14-18)16-11-12-17-22(2,3)4;1-5-6-10-15-19(20,18-13-8-7-9-14-18)16-11-12-17-21(2,3)4;2*2-1-3/h24H,8-14,16-19,21H2,1-7H3;8-14,16-19,21,23H2,1-7H3;4,6-7,12-13,19,22H,5,8-11,14-17H2,1-3H3;4,6-7,12-13,19H,5,8-11,14-17,21H2,1-3H3;7-10,13-15,21H,5-6,11-12,16-17H2,1-4H3;7-10,13-15H,5-6,11-12,16-17,20H2,1-4H3;;/b;;;;2*15-10+;;. The van der Waals surface area contributed by atoms with Gasteiger partial charge >= 0.3 is 12.3 Å². The Morgan fingerprint density at radius 2 is 0.607 bits per heavy atom. The Bertz CT molecular complexity index is 4060. The van der Waals surface area contributed by atoms with Crippen LogP contribution in [0.4, 0.5) is 0 Å². The number of carbonyl (C=O) groups excluding carboxylic acids is 4. The summed E-state index contributed by atoms with van der Waals surface area (Å²) in [7, 11) is -7.82. The fourth-order valence-electron chi connectivity index (χ4n) is 20.1. The predicted molar refractivity (Wildman–Crippen MR) is 693 cm³/mol. The van der Waals surface area contributed by atoms with E-state index in [4.69, 9.17) is 36.4 Å². The van der Waals surface area contributed by atoms with E-state index in [1.807, 2.05) is 0 Å². The third kappa shape index (κ3) is 76.2. The van der Waals surface area contributed by atoms with Crippen LogP contribution in [0.5, 0.6) is 0 Å². The van der Waals surface area contributed by atoms with Crippen LogP contribution in [0.15, 0.2) is 146 Å². The molecule has 2 fully saturated rings. The molecular weight excluding hydrogens is 2240 g/mol. The zero-order valence-corrected chi connectivity index (χ0v) is 114. The smallest absolute Gasteiger partial charge is 0.325 e. The van der Waals surface area contributed by atoms with Crippen molar-refractivity contribution in [1.82, 2.24) is 10.6 Å². The van der Waals surface area contributed by atoms with Gasteiger partial charge in [-0.1, -0.05) is 547 Å². The third-order valence-electron chi connectivity index (χ3n) is 28.7. The highest BCUT2D eigenvalue weighted by Gasteiger charge is 2.41. The summed E-state index contributed by atoms with van der Waals surface area (Å²) in [4.78, 5) is 32.5. The molecule has 0 saturated heterocycles. The Kier molecular flexibility index (Phi) is 80.6. The molecule has 2 aliphatic carbocycles. The molecule has 21 heteroatoms. The Morgan fingerprint density at radius 3 is 0.952 bits per heavy atom. The normalized spacial score (nSPS) is 15.9. The lowest BCUT2D eigenvalue weighted by Gasteiger charge is -2.43. The zero-order chi connectivity index (χ0) is 110. The SMILES string of the molecule is CCC/C=C/C(CCCC[Si](C)(C)C)(NI)c1ccccc1.CCC/C=C/C(N)(CCCC[Si](C)(C)C)c1ccccc1.CCCCCC(CCCCC#C[Si](C)(C)C)(CCCC[Si](C)(C)C)NI.CCCCCC(N)(CCCCC#C[Si](C)(C)C)CCCC[Si](C)(C)C.C[Si](C)(C)CCCCC(N)(c1ccccc1)C1CCCCC1.C[Si](C)(C)CCCCC(NI)(c1ccccc1)C1CCCCC1.O=C=O.O=C=O. The van der Waals surface area contributed by atoms with Crippen LogP contribution in [0.25, 0.3) is 0 Å². The number of benzene rings is 4. The lowest BCUT2D eigenvalue weighted by molar-refractivity contribution is -0.193. The van der Waals surface area contributed by atoms with E-state index in [0.717, 1.165) is 44.4 Å². The monoisotopic (exact) mass is 2470 g/mol. The molecule has 0 heterocycles. The first-order valence-corrected chi connectivity index (χ1v) is 90.6. The molecular formula is C124H227I3N6O4Si8. The van der Waals surface area contributed by atoms with Crippen molar-refractivity contribution in [2.45, 2.75) is 563 Å². The Labute approximate surface area is 948 Å². The van der Waals surface area contributed by atoms with Gasteiger partial charge in [0, 0.05) is 146 Å². The van der Waals surface area contributed by atoms with Crippen LogP contribution in [0, 0.1) is 34.8 Å². The first-order chi connectivity index (χ1) is 68.0. The number of unbranched alkanes of at least 4 members (excludes halogenated alkanes) is 16. The predicted octanol–water partition coefficient (Wildman–Crippen LogP) is 39.5. The van der Waals surface area contributed by atoms with Crippen molar-refractivity contribution in [3.8, 4) is 22.9 Å². The topological polar surface area (TPSA) is 182 Å². The van der Waals surface area contributed by atoms with E-state index in [1.165, 1.54) is 328 Å². The Morgan fingerprint density at radius 1 is 0.310 bits per heavy atom. The number of nitrogens with two attached hydrogens (primary N) is 3. The van der Waals surface area contributed by atoms with Gasteiger partial charge in [-0.3, -0.25) is 7.06 Å². The van der Waals surface area contributed by atoms with Crippen molar-refractivity contribution in [1.29, 1.82) is 0 Å². The number of nitrogens with one attached hydrogen (secondary N) is 3. The van der Waals surface area contributed by atoms with Gasteiger partial charge < -0.3 is 17.2 Å². The third-order valence-corrected chi connectivity index (χ3v) is 44.8. The molecule has 145 heavy (non-hydrogen) atoms. The van der Waals surface area contributed by atoms with Crippen molar-refractivity contribution in [2.75, 3.05) is 0 Å². The molecule has 4 aromatic rings. The maximum Gasteiger partial charge on any atom is 0.373 e. The van der Waals surface area contributed by atoms with Crippen LogP contribution in [-0.4, -0.2) is 88.0 Å². The van der Waals surface area contributed by atoms with Gasteiger partial charge in [0.2, 0.25) is 0 Å². The molecule has 0 bridgehead atoms. The van der Waals surface area contributed by atoms with Gasteiger partial charge in [-0.05, 0) is 150 Å². The van der Waals surface area contributed by atoms with Crippen LogP contribution in [-0.2, 0) is 41.3 Å². The molecule has 9 N–H and O–H groups in total. The molecule has 0 radical (unpaired) electrons. The molecule has 0 spiro atoms. The lowest BCUT2D eigenvalue weighted by atomic mass is 9.69. The number of hydrogen-bond donors (Lipinski definition) is 6. The molecule has 0 aliphatic heterocycles. The van der Waals surface area contributed by atoms with Crippen LogP contribution >= 0.6 is 68.6 Å². The molecule has 10 nitrogen and oxygen atoms in total. The van der Waals surface area contributed by atoms with E-state index in [1.54, 1.807) is 0 Å². The van der Waals surface area contributed by atoms with Crippen molar-refractivity contribution in [3.05, 3.63) is 168 Å². The largest absolute Gasteiger partial charge is 0.373 e. The van der Waals surface area contributed by atoms with E-state index < -0.39 is 64.6 Å². The highest BCUT2D eigenvalue weighted by molar-refractivity contribution is 14.1. The van der Waals surface area contributed by atoms with Crippen LogP contribution in [0.3, 0.4) is 0 Å². The highest BCUT2D eigenvalue weighted by atomic mass is 127. The summed E-state index contributed by atoms with van der Waals surface area (Å²) in [6.07, 6.45) is 71.7. The summed E-state index contributed by atoms with van der Waals surface area (Å²) in [5, 5.41) is 0. The van der Waals surface area contributed by atoms with Crippen molar-refractivity contribution in [3.63, 3.8) is 0 Å². The Hall–Kier alpha value is -2.07. The van der Waals surface area contributed by atoms with E-state index in [-0.39, 0.29) is 40.0 Å². The van der Waals surface area contributed by atoms with E-state index >= 15 is 0 Å². The van der Waals surface area contributed by atoms with Crippen molar-refractivity contribution < 1.29 is 19.2 Å². The summed E-state index contributed by atoms with van der Waals surface area (Å²) >= 11 is 7.20. The summed E-state index contributed by atoms with van der Waals surface area (Å²) in [6.45, 7) is 67.6. The lowest BCUT2D eigenvalue weighted by Crippen LogP contribution is -2.45. The molecule has 4 aromatic carbocycles. The van der Waals surface area contributed by atoms with Crippen LogP contribution in [0.2, 0.25) is 193 Å². The molecule has 830 valence electrons. The molecule has 6 rings (SSSR count). The molecule has 2 aliphatic rings. The van der Waals surface area contributed by atoms with Gasteiger partial charge in [0.15, 0.2) is 0 Å². The number of rotatable bonds is 61. The quantitative estimate of drug-likeness (QED) is 0.00621. The molecule has 6 unspecified atom stereocenters. The van der Waals surface area contributed by atoms with Crippen LogP contribution in [0.1, 0.15) is 358 Å². The second kappa shape index (κ2) is 80.7. The average molecular weight is 2470 g/mol. The number of hydrogen-bond acceptors (Lipinski definition) is 10. The molecule has 2 saturated carbocycles. The van der Waals surface area contributed by atoms with Gasteiger partial charge in [0.1, 0.15) is 16.1 Å². The average Bonchev–Trinajstić information content (AvgIpc) is 0.778. The minimum Gasteiger partial charge on any atom is -0.325 e. The van der Waals surface area contributed by atoms with Gasteiger partial charge in [-0.25, -0.2) is 3.53 Å². The molecule has 0 aromatic heterocycles. The minimum atomic E-state index is -1.20. The van der Waals surface area contributed by atoms with Gasteiger partial charge in [0.25, 0.3) is 0 Å². The summed E-state index contributed by atoms with van der Waals surface area (Å²) in [5.74, 6) is 8.32. The van der Waals surface area contributed by atoms with Gasteiger partial charge in [0.05, 0.1) is 16.6 Å². The maximum atomic E-state index is 8.12. The van der Waals surface area contributed by atoms with Gasteiger partial charge in [-0.15, -0.1) is 22.9 Å². The summed E-state index contributed by atoms with van der Waals surface area (Å²) in [5.41, 5.74) is 33.3. The van der Waals surface area contributed by atoms with E-state index in [0.29, 0.717) is 11.5 Å². The second-order valence-electron chi connectivity index (χ2n) is 52.7. The maximum absolute atomic E-state index is 8.12. The first kappa shape index (κ1) is 145. The molecule has 6 atom stereocenters. The number of allylic oxidation sites excluding steroid dienone is 2. The number of halogens is 3. The van der Waals surface area contributed by atoms with Gasteiger partial charge in [-0.2, -0.15) is 19.2 Å². The fraction of sp³-hybridized carbons (Fsp3) is 0.726. The zero-order valence-electron chi connectivity index (χ0n) is 99.2. The first-order valence-electron chi connectivity index (χ1n) is 58.1. The second-order valence-corrected chi connectivity index (χ2v) is 97.5. The Balaban J connectivity index is 0. The van der Waals surface area contributed by atoms with Crippen molar-refractivity contribution in [2.24, 2.45) is 29.0 Å². The van der Waals surface area contributed by atoms with Crippen LogP contribution < -0.4 is 27.8 Å². The highest BCUT2D eigenvalue weighted by Crippen LogP contribution is 2.46. The van der Waals surface area contributed by atoms with E-state index in [2.05, 4.69) is 433 Å². The minimum absolute atomic E-state index is 0.0174. The van der Waals surface area contributed by atoms with E-state index in [9.17, 15) is 0 Å².